The van der Waals surface area contributed by atoms with Crippen molar-refractivity contribution in [2.24, 2.45) is 0 Å². The minimum atomic E-state index is 1.04. The molecule has 0 saturated carbocycles. The molecule has 60 valence electrons. The lowest BCUT2D eigenvalue weighted by Gasteiger charge is -1.99. The fourth-order valence-electron chi connectivity index (χ4n) is 1.12. The van der Waals surface area contributed by atoms with Gasteiger partial charge in [0.05, 0.1) is 10.4 Å². The number of rotatable bonds is 1. The van der Waals surface area contributed by atoms with Gasteiger partial charge in [-0.15, -0.1) is 11.8 Å². The Kier molecular flexibility index (Phi) is 1.96. The summed E-state index contributed by atoms with van der Waals surface area (Å²) in [5.41, 5.74) is 1.04. The van der Waals surface area contributed by atoms with E-state index in [1.165, 1.54) is 0 Å². The van der Waals surface area contributed by atoms with E-state index in [9.17, 15) is 0 Å². The predicted octanol–water partition coefficient (Wildman–Crippen LogP) is 2.35. The van der Waals surface area contributed by atoms with Crippen molar-refractivity contribution in [2.45, 2.75) is 4.90 Å². The topological polar surface area (TPSA) is 25.8 Å². The molecule has 0 fully saturated rings. The summed E-state index contributed by atoms with van der Waals surface area (Å²) in [4.78, 5) is 9.55. The summed E-state index contributed by atoms with van der Waals surface area (Å²) in [6, 6.07) is 3.95. The van der Waals surface area contributed by atoms with Gasteiger partial charge in [0, 0.05) is 24.0 Å². The van der Waals surface area contributed by atoms with Crippen molar-refractivity contribution in [3.63, 3.8) is 0 Å². The second kappa shape index (κ2) is 3.11. The SMILES string of the molecule is CSc1cncc2cccnc12. The number of aromatic nitrogens is 2. The Bertz CT molecular complexity index is 395. The van der Waals surface area contributed by atoms with Crippen LogP contribution < -0.4 is 0 Å². The highest BCUT2D eigenvalue weighted by Crippen LogP contribution is 2.21. The van der Waals surface area contributed by atoms with E-state index in [0.717, 1.165) is 15.8 Å². The first-order chi connectivity index (χ1) is 5.92. The van der Waals surface area contributed by atoms with Crippen molar-refractivity contribution in [2.75, 3.05) is 6.26 Å². The van der Waals surface area contributed by atoms with Gasteiger partial charge in [-0.05, 0) is 18.4 Å². The van der Waals surface area contributed by atoms with Crippen LogP contribution in [0.3, 0.4) is 0 Å². The molecule has 0 unspecified atom stereocenters. The van der Waals surface area contributed by atoms with Gasteiger partial charge in [0.15, 0.2) is 0 Å². The Morgan fingerprint density at radius 1 is 1.33 bits per heavy atom. The third-order valence-electron chi connectivity index (χ3n) is 1.70. The van der Waals surface area contributed by atoms with Crippen LogP contribution in [-0.4, -0.2) is 16.2 Å². The van der Waals surface area contributed by atoms with E-state index in [1.807, 2.05) is 37.0 Å². The Hall–Kier alpha value is -1.09. The Morgan fingerprint density at radius 2 is 2.25 bits per heavy atom. The number of nitrogens with zero attached hydrogens (tertiary/aromatic N) is 2. The molecule has 2 aromatic rings. The molecule has 0 atom stereocenters. The highest BCUT2D eigenvalue weighted by molar-refractivity contribution is 7.98. The molecule has 0 radical (unpaired) electrons. The van der Waals surface area contributed by atoms with Crippen molar-refractivity contribution in [1.82, 2.24) is 9.97 Å². The second-order valence-corrected chi connectivity index (χ2v) is 3.26. The second-order valence-electron chi connectivity index (χ2n) is 2.42. The zero-order valence-electron chi connectivity index (χ0n) is 6.69. The summed E-state index contributed by atoms with van der Waals surface area (Å²) in [5.74, 6) is 0. The van der Waals surface area contributed by atoms with Crippen LogP contribution in [0.1, 0.15) is 0 Å². The maximum Gasteiger partial charge on any atom is 0.0868 e. The van der Waals surface area contributed by atoms with Gasteiger partial charge >= 0.3 is 0 Å². The minimum absolute atomic E-state index is 1.04. The molecule has 0 amide bonds. The maximum atomic E-state index is 4.29. The molecule has 0 aromatic carbocycles. The highest BCUT2D eigenvalue weighted by Gasteiger charge is 1.98. The van der Waals surface area contributed by atoms with E-state index in [2.05, 4.69) is 9.97 Å². The first-order valence-electron chi connectivity index (χ1n) is 3.64. The molecule has 0 saturated heterocycles. The molecule has 0 aliphatic carbocycles. The first kappa shape index (κ1) is 7.55. The third kappa shape index (κ3) is 1.16. The molecule has 0 aliphatic heterocycles. The van der Waals surface area contributed by atoms with Gasteiger partial charge < -0.3 is 0 Å². The summed E-state index contributed by atoms with van der Waals surface area (Å²) in [5, 5.41) is 1.10. The van der Waals surface area contributed by atoms with Crippen LogP contribution in [0.2, 0.25) is 0 Å². The molecule has 12 heavy (non-hydrogen) atoms. The summed E-state index contributed by atoms with van der Waals surface area (Å²) < 4.78 is 0. The van der Waals surface area contributed by atoms with E-state index in [1.54, 1.807) is 11.8 Å². The third-order valence-corrected chi connectivity index (χ3v) is 2.44. The standard InChI is InChI=1S/C9H8N2S/c1-12-8-6-10-5-7-3-2-4-11-9(7)8/h2-6H,1H3. The van der Waals surface area contributed by atoms with Crippen molar-refractivity contribution in [1.29, 1.82) is 0 Å². The number of hydrogen-bond acceptors (Lipinski definition) is 3. The van der Waals surface area contributed by atoms with Crippen LogP contribution in [0.25, 0.3) is 10.9 Å². The van der Waals surface area contributed by atoms with Gasteiger partial charge in [-0.2, -0.15) is 0 Å². The lowest BCUT2D eigenvalue weighted by molar-refractivity contribution is 1.24. The van der Waals surface area contributed by atoms with Crippen molar-refractivity contribution < 1.29 is 0 Å². The first-order valence-corrected chi connectivity index (χ1v) is 4.87. The van der Waals surface area contributed by atoms with Gasteiger partial charge in [0.1, 0.15) is 0 Å². The van der Waals surface area contributed by atoms with Gasteiger partial charge in [0.25, 0.3) is 0 Å². The van der Waals surface area contributed by atoms with E-state index < -0.39 is 0 Å². The van der Waals surface area contributed by atoms with Crippen LogP contribution >= 0.6 is 11.8 Å². The molecule has 0 N–H and O–H groups in total. The molecule has 0 spiro atoms. The normalized spacial score (nSPS) is 10.4. The molecule has 2 nitrogen and oxygen atoms in total. The molecule has 2 heterocycles. The zero-order valence-corrected chi connectivity index (χ0v) is 7.51. The summed E-state index contributed by atoms with van der Waals surface area (Å²) in [6.07, 6.45) is 7.52. The van der Waals surface area contributed by atoms with Gasteiger partial charge in [-0.1, -0.05) is 0 Å². The van der Waals surface area contributed by atoms with Crippen LogP contribution in [0, 0.1) is 0 Å². The smallest absolute Gasteiger partial charge is 0.0868 e. The zero-order chi connectivity index (χ0) is 8.39. The van der Waals surface area contributed by atoms with Crippen molar-refractivity contribution in [3.05, 3.63) is 30.7 Å². The Labute approximate surface area is 75.0 Å². The van der Waals surface area contributed by atoms with Gasteiger partial charge in [-0.3, -0.25) is 9.97 Å². The summed E-state index contributed by atoms with van der Waals surface area (Å²) in [7, 11) is 0. The van der Waals surface area contributed by atoms with Gasteiger partial charge in [-0.25, -0.2) is 0 Å². The Balaban J connectivity index is 2.79. The van der Waals surface area contributed by atoms with Crippen LogP contribution in [-0.2, 0) is 0 Å². The van der Waals surface area contributed by atoms with E-state index in [0.29, 0.717) is 0 Å². The highest BCUT2D eigenvalue weighted by atomic mass is 32.2. The lowest BCUT2D eigenvalue weighted by Crippen LogP contribution is -1.82. The molecule has 0 aliphatic rings. The number of fused-ring (bicyclic) bond motifs is 1. The van der Waals surface area contributed by atoms with Crippen LogP contribution in [0.15, 0.2) is 35.6 Å². The number of thioether (sulfide) groups is 1. The van der Waals surface area contributed by atoms with Gasteiger partial charge in [0.2, 0.25) is 0 Å². The monoisotopic (exact) mass is 176 g/mol. The predicted molar refractivity (Wildman–Crippen MR) is 51.3 cm³/mol. The maximum absolute atomic E-state index is 4.29. The Morgan fingerprint density at radius 3 is 3.08 bits per heavy atom. The van der Waals surface area contributed by atoms with Crippen molar-refractivity contribution in [3.8, 4) is 0 Å². The number of hydrogen-bond donors (Lipinski definition) is 0. The number of pyridine rings is 2. The van der Waals surface area contributed by atoms with E-state index in [-0.39, 0.29) is 0 Å². The molecule has 0 bridgehead atoms. The fourth-order valence-corrected chi connectivity index (χ4v) is 1.65. The van der Waals surface area contributed by atoms with Crippen LogP contribution in [0.4, 0.5) is 0 Å². The minimum Gasteiger partial charge on any atom is -0.263 e. The average Bonchev–Trinajstić information content (AvgIpc) is 2.17. The van der Waals surface area contributed by atoms with E-state index >= 15 is 0 Å². The van der Waals surface area contributed by atoms with Crippen molar-refractivity contribution >= 4 is 22.7 Å². The molecular formula is C9H8N2S. The summed E-state index contributed by atoms with van der Waals surface area (Å²) in [6.45, 7) is 0. The molecule has 2 rings (SSSR count). The largest absolute Gasteiger partial charge is 0.263 e. The lowest BCUT2D eigenvalue weighted by atomic mass is 10.3. The van der Waals surface area contributed by atoms with Crippen LogP contribution in [0.5, 0.6) is 0 Å². The summed E-state index contributed by atoms with van der Waals surface area (Å²) >= 11 is 1.67. The molecule has 3 heteroatoms. The quantitative estimate of drug-likeness (QED) is 0.624. The molecular weight excluding hydrogens is 168 g/mol. The molecule has 2 aromatic heterocycles. The van der Waals surface area contributed by atoms with E-state index in [4.69, 9.17) is 0 Å². The fraction of sp³-hybridized carbons (Fsp3) is 0.111. The average molecular weight is 176 g/mol.